The van der Waals surface area contributed by atoms with Crippen LogP contribution in [-0.4, -0.2) is 24.2 Å². The van der Waals surface area contributed by atoms with Gasteiger partial charge in [-0.3, -0.25) is 4.79 Å². The largest absolute Gasteiger partial charge is 0.493 e. The van der Waals surface area contributed by atoms with Crippen LogP contribution in [0, 0.1) is 5.82 Å². The third-order valence-electron chi connectivity index (χ3n) is 5.85. The van der Waals surface area contributed by atoms with E-state index >= 15 is 0 Å². The lowest BCUT2D eigenvalue weighted by Gasteiger charge is -2.11. The van der Waals surface area contributed by atoms with E-state index in [1.165, 1.54) is 29.7 Å². The number of thiazole rings is 1. The predicted octanol–water partition coefficient (Wildman–Crippen LogP) is 7.04. The van der Waals surface area contributed by atoms with Gasteiger partial charge in [-0.15, -0.1) is 11.3 Å². The van der Waals surface area contributed by atoms with Crippen molar-refractivity contribution in [2.75, 3.05) is 12.4 Å². The molecule has 0 atom stereocenters. The molecule has 0 spiro atoms. The number of hydrazone groups is 1. The second-order valence-electron chi connectivity index (χ2n) is 8.63. The molecule has 1 amide bonds. The molecule has 5 aromatic rings. The number of aromatic nitrogens is 1. The van der Waals surface area contributed by atoms with Crippen molar-refractivity contribution in [1.82, 2.24) is 10.4 Å². The highest BCUT2D eigenvalue weighted by Gasteiger charge is 2.09. The number of rotatable bonds is 10. The van der Waals surface area contributed by atoms with Crippen LogP contribution in [0.25, 0.3) is 11.3 Å². The Hall–Kier alpha value is -5.02. The van der Waals surface area contributed by atoms with Gasteiger partial charge in [0.15, 0.2) is 16.6 Å². The maximum Gasteiger partial charge on any atom is 0.271 e. The van der Waals surface area contributed by atoms with E-state index < -0.39 is 0 Å². The molecule has 0 fully saturated rings. The van der Waals surface area contributed by atoms with Crippen LogP contribution in [0.5, 0.6) is 11.5 Å². The van der Waals surface area contributed by atoms with Gasteiger partial charge in [0, 0.05) is 22.2 Å². The lowest BCUT2D eigenvalue weighted by Crippen LogP contribution is -2.17. The summed E-state index contributed by atoms with van der Waals surface area (Å²) in [4.78, 5) is 17.2. The Balaban J connectivity index is 1.16. The number of hydrogen-bond acceptors (Lipinski definition) is 7. The Morgan fingerprint density at radius 1 is 0.975 bits per heavy atom. The van der Waals surface area contributed by atoms with Crippen molar-refractivity contribution in [3.63, 3.8) is 0 Å². The highest BCUT2D eigenvalue weighted by atomic mass is 32.1. The molecule has 2 N–H and O–H groups in total. The molecule has 0 saturated carbocycles. The van der Waals surface area contributed by atoms with E-state index in [0.717, 1.165) is 27.6 Å². The van der Waals surface area contributed by atoms with Crippen molar-refractivity contribution < 1.29 is 18.7 Å². The van der Waals surface area contributed by atoms with Crippen LogP contribution in [-0.2, 0) is 6.61 Å². The van der Waals surface area contributed by atoms with Crippen molar-refractivity contribution in [3.05, 3.63) is 125 Å². The molecule has 40 heavy (non-hydrogen) atoms. The van der Waals surface area contributed by atoms with Crippen molar-refractivity contribution in [2.24, 2.45) is 5.10 Å². The summed E-state index contributed by atoms with van der Waals surface area (Å²) in [6.07, 6.45) is 1.52. The number of carbonyl (C=O) groups is 1. The fourth-order valence-electron chi connectivity index (χ4n) is 3.76. The van der Waals surface area contributed by atoms with E-state index in [4.69, 9.17) is 9.47 Å². The van der Waals surface area contributed by atoms with Gasteiger partial charge in [0.25, 0.3) is 5.91 Å². The van der Waals surface area contributed by atoms with Crippen molar-refractivity contribution in [1.29, 1.82) is 0 Å². The number of halogens is 1. The SMILES string of the molecule is COc1cc(/C=N\NC(=O)c2ccc(-c3csc(Nc4ccccc4)n3)cc2)ccc1OCc1ccc(F)cc1. The quantitative estimate of drug-likeness (QED) is 0.143. The number of hydrogen-bond donors (Lipinski definition) is 2. The first-order chi connectivity index (χ1) is 19.6. The number of para-hydroxylation sites is 1. The Labute approximate surface area is 234 Å². The van der Waals surface area contributed by atoms with E-state index in [1.807, 2.05) is 47.8 Å². The average Bonchev–Trinajstić information content (AvgIpc) is 3.46. The Kier molecular flexibility index (Phi) is 8.43. The number of carbonyl (C=O) groups excluding carboxylic acids is 1. The van der Waals surface area contributed by atoms with Gasteiger partial charge in [0.1, 0.15) is 12.4 Å². The molecule has 7 nitrogen and oxygen atoms in total. The molecule has 200 valence electrons. The topological polar surface area (TPSA) is 84.8 Å². The maximum atomic E-state index is 13.1. The highest BCUT2D eigenvalue weighted by Crippen LogP contribution is 2.29. The van der Waals surface area contributed by atoms with Gasteiger partial charge < -0.3 is 14.8 Å². The van der Waals surface area contributed by atoms with E-state index in [2.05, 4.69) is 20.8 Å². The van der Waals surface area contributed by atoms with Gasteiger partial charge in [-0.1, -0.05) is 42.5 Å². The Morgan fingerprint density at radius 3 is 2.50 bits per heavy atom. The van der Waals surface area contributed by atoms with Gasteiger partial charge in [-0.25, -0.2) is 14.8 Å². The van der Waals surface area contributed by atoms with Gasteiger partial charge in [-0.2, -0.15) is 5.10 Å². The number of nitrogens with one attached hydrogen (secondary N) is 2. The molecule has 0 aliphatic rings. The second kappa shape index (κ2) is 12.7. The second-order valence-corrected chi connectivity index (χ2v) is 9.49. The van der Waals surface area contributed by atoms with Crippen molar-refractivity contribution in [3.8, 4) is 22.8 Å². The smallest absolute Gasteiger partial charge is 0.271 e. The number of nitrogens with zero attached hydrogens (tertiary/aromatic N) is 2. The van der Waals surface area contributed by atoms with Gasteiger partial charge in [0.05, 0.1) is 19.0 Å². The maximum absolute atomic E-state index is 13.1. The molecule has 4 aromatic carbocycles. The molecular formula is C31H25FN4O3S. The third-order valence-corrected chi connectivity index (χ3v) is 6.60. The van der Waals surface area contributed by atoms with Gasteiger partial charge in [-0.05, 0) is 65.7 Å². The summed E-state index contributed by atoms with van der Waals surface area (Å²) >= 11 is 1.51. The molecule has 1 aromatic heterocycles. The molecule has 0 bridgehead atoms. The minimum Gasteiger partial charge on any atom is -0.493 e. The summed E-state index contributed by atoms with van der Waals surface area (Å²) in [6.45, 7) is 0.271. The first-order valence-corrected chi connectivity index (χ1v) is 13.2. The van der Waals surface area contributed by atoms with Crippen molar-refractivity contribution in [2.45, 2.75) is 6.61 Å². The van der Waals surface area contributed by atoms with Crippen LogP contribution in [0.15, 0.2) is 108 Å². The molecule has 1 heterocycles. The van der Waals surface area contributed by atoms with Crippen LogP contribution in [0.2, 0.25) is 0 Å². The fourth-order valence-corrected chi connectivity index (χ4v) is 4.50. The fraction of sp³-hybridized carbons (Fsp3) is 0.0645. The number of methoxy groups -OCH3 is 1. The first kappa shape index (κ1) is 26.6. The lowest BCUT2D eigenvalue weighted by atomic mass is 10.1. The van der Waals surface area contributed by atoms with E-state index in [-0.39, 0.29) is 18.3 Å². The normalized spacial score (nSPS) is 10.8. The monoisotopic (exact) mass is 552 g/mol. The van der Waals surface area contributed by atoms with Crippen LogP contribution < -0.4 is 20.2 Å². The lowest BCUT2D eigenvalue weighted by molar-refractivity contribution is 0.0955. The van der Waals surface area contributed by atoms with E-state index in [0.29, 0.717) is 22.6 Å². The average molecular weight is 553 g/mol. The molecule has 0 aliphatic carbocycles. The number of benzene rings is 4. The number of ether oxygens (including phenoxy) is 2. The van der Waals surface area contributed by atoms with Crippen LogP contribution >= 0.6 is 11.3 Å². The third kappa shape index (κ3) is 6.89. The molecule has 0 saturated heterocycles. The summed E-state index contributed by atoms with van der Waals surface area (Å²) in [7, 11) is 1.54. The zero-order valence-corrected chi connectivity index (χ0v) is 22.3. The molecular weight excluding hydrogens is 527 g/mol. The minimum atomic E-state index is -0.335. The van der Waals surface area contributed by atoms with E-state index in [9.17, 15) is 9.18 Å². The standard InChI is InChI=1S/C31H25FN4O3S/c1-38-29-17-22(9-16-28(29)39-19-21-7-14-25(32)15-8-21)18-33-36-30(37)24-12-10-23(11-13-24)27-20-40-31(35-27)34-26-5-3-2-4-6-26/h2-18,20H,19H2,1H3,(H,34,35)(H,36,37)/b33-18-. The summed E-state index contributed by atoms with van der Waals surface area (Å²) in [6, 6.07) is 28.4. The Morgan fingerprint density at radius 2 is 1.75 bits per heavy atom. The zero-order valence-electron chi connectivity index (χ0n) is 21.5. The molecule has 5 rings (SSSR count). The Bertz CT molecular complexity index is 1600. The summed E-state index contributed by atoms with van der Waals surface area (Å²) < 4.78 is 24.3. The molecule has 9 heteroatoms. The summed E-state index contributed by atoms with van der Waals surface area (Å²) in [5, 5.41) is 10.1. The summed E-state index contributed by atoms with van der Waals surface area (Å²) in [5.74, 6) is 0.419. The highest BCUT2D eigenvalue weighted by molar-refractivity contribution is 7.14. The number of anilines is 2. The minimum absolute atomic E-state index is 0.271. The van der Waals surface area contributed by atoms with Crippen LogP contribution in [0.1, 0.15) is 21.5 Å². The van der Waals surface area contributed by atoms with E-state index in [1.54, 1.807) is 49.6 Å². The zero-order chi connectivity index (χ0) is 27.7. The first-order valence-electron chi connectivity index (χ1n) is 12.3. The van der Waals surface area contributed by atoms with Crippen LogP contribution in [0.4, 0.5) is 15.2 Å². The van der Waals surface area contributed by atoms with Gasteiger partial charge >= 0.3 is 0 Å². The van der Waals surface area contributed by atoms with Crippen molar-refractivity contribution >= 4 is 34.3 Å². The predicted molar refractivity (Wildman–Crippen MR) is 156 cm³/mol. The summed E-state index contributed by atoms with van der Waals surface area (Å²) in [5.41, 5.74) is 7.27. The van der Waals surface area contributed by atoms with Crippen LogP contribution in [0.3, 0.4) is 0 Å². The molecule has 0 radical (unpaired) electrons. The molecule has 0 unspecified atom stereocenters. The van der Waals surface area contributed by atoms with Gasteiger partial charge in [0.2, 0.25) is 0 Å². The number of amides is 1. The molecule has 0 aliphatic heterocycles.